The Morgan fingerprint density at radius 3 is 2.68 bits per heavy atom. The van der Waals surface area contributed by atoms with Crippen molar-refractivity contribution < 1.29 is 10.2 Å². The lowest BCUT2D eigenvalue weighted by atomic mass is 9.92. The van der Waals surface area contributed by atoms with Gasteiger partial charge in [-0.05, 0) is 57.3 Å². The van der Waals surface area contributed by atoms with Gasteiger partial charge in [-0.25, -0.2) is 0 Å². The summed E-state index contributed by atoms with van der Waals surface area (Å²) in [6, 6.07) is 4.95. The van der Waals surface area contributed by atoms with Gasteiger partial charge in [0, 0.05) is 12.6 Å². The van der Waals surface area contributed by atoms with E-state index in [1.54, 1.807) is 18.2 Å². The molecule has 106 valence electrons. The summed E-state index contributed by atoms with van der Waals surface area (Å²) in [5, 5.41) is 19.9. The van der Waals surface area contributed by atoms with Crippen molar-refractivity contribution in [3.8, 4) is 11.5 Å². The zero-order valence-electron chi connectivity index (χ0n) is 11.5. The minimum Gasteiger partial charge on any atom is -0.507 e. The van der Waals surface area contributed by atoms with E-state index in [2.05, 4.69) is 4.90 Å². The maximum Gasteiger partial charge on any atom is 0.124 e. The van der Waals surface area contributed by atoms with Crippen LogP contribution in [0.15, 0.2) is 18.2 Å². The van der Waals surface area contributed by atoms with E-state index in [1.807, 2.05) is 6.92 Å². The molecule has 0 aromatic heterocycles. The fraction of sp³-hybridized carbons (Fsp3) is 0.600. The molecule has 19 heavy (non-hydrogen) atoms. The van der Waals surface area contributed by atoms with Crippen molar-refractivity contribution in [1.82, 2.24) is 4.90 Å². The van der Waals surface area contributed by atoms with Gasteiger partial charge in [0.05, 0.1) is 5.56 Å². The molecule has 1 saturated heterocycles. The number of rotatable bonds is 4. The Hall–Kier alpha value is -1.26. The predicted octanol–water partition coefficient (Wildman–Crippen LogP) is 2.22. The first-order valence-corrected chi connectivity index (χ1v) is 7.08. The third kappa shape index (κ3) is 3.19. The maximum absolute atomic E-state index is 9.96. The summed E-state index contributed by atoms with van der Waals surface area (Å²) in [6.07, 6.45) is 3.44. The van der Waals surface area contributed by atoms with E-state index < -0.39 is 0 Å². The number of phenols is 2. The first kappa shape index (κ1) is 14.2. The van der Waals surface area contributed by atoms with Gasteiger partial charge in [-0.3, -0.25) is 4.90 Å². The molecule has 1 aliphatic rings. The van der Waals surface area contributed by atoms with Crippen LogP contribution in [0.5, 0.6) is 11.5 Å². The number of nitrogens with zero attached hydrogens (tertiary/aromatic N) is 1. The summed E-state index contributed by atoms with van der Waals surface area (Å²) >= 11 is 0. The fourth-order valence-electron chi connectivity index (χ4n) is 3.07. The van der Waals surface area contributed by atoms with Crippen molar-refractivity contribution >= 4 is 0 Å². The zero-order chi connectivity index (χ0) is 13.8. The van der Waals surface area contributed by atoms with E-state index in [9.17, 15) is 10.2 Å². The Morgan fingerprint density at radius 1 is 1.37 bits per heavy atom. The van der Waals surface area contributed by atoms with Gasteiger partial charge in [-0.15, -0.1) is 0 Å². The Kier molecular flexibility index (Phi) is 4.66. The highest BCUT2D eigenvalue weighted by Gasteiger charge is 2.26. The Morgan fingerprint density at radius 2 is 2.05 bits per heavy atom. The van der Waals surface area contributed by atoms with E-state index in [0.717, 1.165) is 32.5 Å². The van der Waals surface area contributed by atoms with Crippen LogP contribution < -0.4 is 5.73 Å². The molecule has 2 atom stereocenters. The number of piperidine rings is 1. The van der Waals surface area contributed by atoms with Crippen molar-refractivity contribution in [2.45, 2.75) is 32.2 Å². The quantitative estimate of drug-likeness (QED) is 0.780. The molecule has 0 aliphatic carbocycles. The summed E-state index contributed by atoms with van der Waals surface area (Å²) in [7, 11) is 0. The van der Waals surface area contributed by atoms with Gasteiger partial charge in [-0.1, -0.05) is 6.07 Å². The van der Waals surface area contributed by atoms with E-state index in [1.165, 1.54) is 6.42 Å². The molecule has 0 bridgehead atoms. The van der Waals surface area contributed by atoms with Crippen LogP contribution in [-0.2, 0) is 0 Å². The topological polar surface area (TPSA) is 69.7 Å². The molecular formula is C15H24N2O2. The lowest BCUT2D eigenvalue weighted by molar-refractivity contribution is 0.125. The first-order chi connectivity index (χ1) is 9.13. The highest BCUT2D eigenvalue weighted by molar-refractivity contribution is 5.45. The number of phenolic OH excluding ortho intramolecular Hbond substituents is 2. The SMILES string of the molecule is CC(c1c(O)cccc1O)N1CCCC(CCN)C1. The normalized spacial score (nSPS) is 22.3. The summed E-state index contributed by atoms with van der Waals surface area (Å²) in [6.45, 7) is 4.77. The second-order valence-corrected chi connectivity index (χ2v) is 5.47. The number of hydrogen-bond donors (Lipinski definition) is 3. The van der Waals surface area contributed by atoms with Crippen LogP contribution in [0.2, 0.25) is 0 Å². The molecule has 1 heterocycles. The summed E-state index contributed by atoms with van der Waals surface area (Å²) in [5.74, 6) is 0.982. The van der Waals surface area contributed by atoms with Crippen LogP contribution in [0, 0.1) is 5.92 Å². The number of hydrogen-bond acceptors (Lipinski definition) is 4. The van der Waals surface area contributed by atoms with E-state index in [-0.39, 0.29) is 17.5 Å². The van der Waals surface area contributed by atoms with Crippen molar-refractivity contribution in [2.24, 2.45) is 11.7 Å². The van der Waals surface area contributed by atoms with Crippen molar-refractivity contribution in [3.05, 3.63) is 23.8 Å². The van der Waals surface area contributed by atoms with Gasteiger partial charge < -0.3 is 15.9 Å². The minimum absolute atomic E-state index is 0.0294. The Bertz CT molecular complexity index is 400. The fourth-order valence-corrected chi connectivity index (χ4v) is 3.07. The molecule has 1 aromatic carbocycles. The molecule has 4 heteroatoms. The maximum atomic E-state index is 9.96. The van der Waals surface area contributed by atoms with E-state index in [0.29, 0.717) is 11.5 Å². The highest BCUT2D eigenvalue weighted by Crippen LogP contribution is 2.37. The molecule has 0 spiro atoms. The van der Waals surface area contributed by atoms with Crippen LogP contribution in [0.4, 0.5) is 0 Å². The van der Waals surface area contributed by atoms with Crippen molar-refractivity contribution in [1.29, 1.82) is 0 Å². The van der Waals surface area contributed by atoms with E-state index in [4.69, 9.17) is 5.73 Å². The predicted molar refractivity (Wildman–Crippen MR) is 76.2 cm³/mol. The molecular weight excluding hydrogens is 240 g/mol. The van der Waals surface area contributed by atoms with Crippen LogP contribution >= 0.6 is 0 Å². The lowest BCUT2D eigenvalue weighted by Crippen LogP contribution is -2.37. The van der Waals surface area contributed by atoms with Gasteiger partial charge in [-0.2, -0.15) is 0 Å². The zero-order valence-corrected chi connectivity index (χ0v) is 11.5. The molecule has 2 rings (SSSR count). The van der Waals surface area contributed by atoms with Gasteiger partial charge in [0.25, 0.3) is 0 Å². The second-order valence-electron chi connectivity index (χ2n) is 5.47. The standard InChI is InChI=1S/C15H24N2O2/c1-11(15-13(18)5-2-6-14(15)19)17-9-3-4-12(10-17)7-8-16/h2,5-6,11-12,18-19H,3-4,7-10,16H2,1H3. The molecule has 2 unspecified atom stereocenters. The summed E-state index contributed by atoms with van der Waals surface area (Å²) < 4.78 is 0. The van der Waals surface area contributed by atoms with Crippen LogP contribution in [0.25, 0.3) is 0 Å². The largest absolute Gasteiger partial charge is 0.507 e. The Balaban J connectivity index is 2.12. The van der Waals surface area contributed by atoms with Gasteiger partial charge in [0.2, 0.25) is 0 Å². The molecule has 0 amide bonds. The monoisotopic (exact) mass is 264 g/mol. The second kappa shape index (κ2) is 6.26. The average Bonchev–Trinajstić information content (AvgIpc) is 2.39. The van der Waals surface area contributed by atoms with Crippen molar-refractivity contribution in [2.75, 3.05) is 19.6 Å². The van der Waals surface area contributed by atoms with Crippen LogP contribution in [0.3, 0.4) is 0 Å². The molecule has 0 radical (unpaired) electrons. The number of aromatic hydroxyl groups is 2. The molecule has 0 saturated carbocycles. The molecule has 1 aliphatic heterocycles. The number of nitrogens with two attached hydrogens (primary N) is 1. The number of benzene rings is 1. The first-order valence-electron chi connectivity index (χ1n) is 7.08. The van der Waals surface area contributed by atoms with Crippen LogP contribution in [-0.4, -0.2) is 34.7 Å². The minimum atomic E-state index is 0.0294. The highest BCUT2D eigenvalue weighted by atomic mass is 16.3. The van der Waals surface area contributed by atoms with E-state index >= 15 is 0 Å². The smallest absolute Gasteiger partial charge is 0.124 e. The lowest BCUT2D eigenvalue weighted by Gasteiger charge is -2.37. The van der Waals surface area contributed by atoms with Crippen molar-refractivity contribution in [3.63, 3.8) is 0 Å². The molecule has 4 nitrogen and oxygen atoms in total. The summed E-state index contributed by atoms with van der Waals surface area (Å²) in [5.41, 5.74) is 6.28. The van der Waals surface area contributed by atoms with Gasteiger partial charge >= 0.3 is 0 Å². The third-order valence-electron chi connectivity index (χ3n) is 4.15. The third-order valence-corrected chi connectivity index (χ3v) is 4.15. The van der Waals surface area contributed by atoms with Crippen LogP contribution in [0.1, 0.15) is 37.8 Å². The summed E-state index contributed by atoms with van der Waals surface area (Å²) in [4.78, 5) is 2.33. The molecule has 1 aromatic rings. The average molecular weight is 264 g/mol. The Labute approximate surface area is 114 Å². The van der Waals surface area contributed by atoms with Gasteiger partial charge in [0.15, 0.2) is 0 Å². The van der Waals surface area contributed by atoms with Gasteiger partial charge in [0.1, 0.15) is 11.5 Å². The number of likely N-dealkylation sites (tertiary alicyclic amines) is 1. The molecule has 4 N–H and O–H groups in total. The molecule has 1 fully saturated rings.